The second-order valence-electron chi connectivity index (χ2n) is 13.1. The van der Waals surface area contributed by atoms with E-state index in [2.05, 4.69) is 34.6 Å². The first kappa shape index (κ1) is 23.0. The fraction of sp³-hybridized carbons (Fsp3) is 1.00. The van der Waals surface area contributed by atoms with Crippen molar-refractivity contribution >= 4 is 12.1 Å². The van der Waals surface area contributed by atoms with Crippen molar-refractivity contribution in [3.63, 3.8) is 0 Å². The van der Waals surface area contributed by atoms with E-state index in [1.807, 2.05) is 0 Å². The summed E-state index contributed by atoms with van der Waals surface area (Å²) in [5.41, 5.74) is 0.727. The van der Waals surface area contributed by atoms with Gasteiger partial charge in [-0.05, 0) is 98.7 Å². The van der Waals surface area contributed by atoms with E-state index in [1.165, 1.54) is 38.5 Å². The molecule has 5 fully saturated rings. The first-order chi connectivity index (χ1) is 14.7. The van der Waals surface area contributed by atoms with Crippen molar-refractivity contribution < 1.29 is 13.7 Å². The molecule has 5 aliphatic rings. The van der Waals surface area contributed by atoms with Crippen molar-refractivity contribution in [1.82, 2.24) is 0 Å². The van der Waals surface area contributed by atoms with Gasteiger partial charge in [-0.25, -0.2) is 0 Å². The Hall–Kier alpha value is 0.200. The summed E-state index contributed by atoms with van der Waals surface area (Å²) >= 11 is 0.582. The van der Waals surface area contributed by atoms with E-state index in [0.717, 1.165) is 49.4 Å². The Labute approximate surface area is 194 Å². The molecule has 1 heterocycles. The van der Waals surface area contributed by atoms with Gasteiger partial charge in [-0.15, -0.1) is 0 Å². The van der Waals surface area contributed by atoms with Gasteiger partial charge >= 0.3 is 0 Å². The molecule has 0 bridgehead atoms. The minimum Gasteiger partial charge on any atom is -0.393 e. The Morgan fingerprint density at radius 2 is 1.81 bits per heavy atom. The highest BCUT2D eigenvalue weighted by Gasteiger charge is 2.76. The third-order valence-corrected chi connectivity index (χ3v) is 12.6. The molecule has 0 aromatic carbocycles. The van der Waals surface area contributed by atoms with Gasteiger partial charge in [0.25, 0.3) is 0 Å². The van der Waals surface area contributed by atoms with Gasteiger partial charge < -0.3 is 9.84 Å². The quantitative estimate of drug-likeness (QED) is 0.433. The third-order valence-electron chi connectivity index (χ3n) is 11.6. The van der Waals surface area contributed by atoms with Crippen LogP contribution in [-0.2, 0) is 4.74 Å². The van der Waals surface area contributed by atoms with Crippen LogP contribution >= 0.6 is 12.1 Å². The molecule has 178 valence electrons. The van der Waals surface area contributed by atoms with Crippen molar-refractivity contribution in [2.45, 2.75) is 122 Å². The Morgan fingerprint density at radius 1 is 1.03 bits per heavy atom. The van der Waals surface area contributed by atoms with Crippen molar-refractivity contribution in [1.29, 1.82) is 0 Å². The Kier molecular flexibility index (Phi) is 5.83. The molecular formula is C27H45FO2S. The molecule has 4 saturated carbocycles. The molecule has 1 aliphatic heterocycles. The van der Waals surface area contributed by atoms with E-state index in [9.17, 15) is 8.99 Å². The van der Waals surface area contributed by atoms with Crippen molar-refractivity contribution in [3.05, 3.63) is 0 Å². The molecule has 1 N–H and O–H groups in total. The monoisotopic (exact) mass is 452 g/mol. The molecule has 0 amide bonds. The second-order valence-corrected chi connectivity index (χ2v) is 13.9. The first-order valence-electron chi connectivity index (χ1n) is 13.3. The van der Waals surface area contributed by atoms with Crippen LogP contribution in [-0.4, -0.2) is 28.2 Å². The van der Waals surface area contributed by atoms with Crippen LogP contribution in [0.3, 0.4) is 0 Å². The number of fused-ring (bicyclic) bond motifs is 4. The summed E-state index contributed by atoms with van der Waals surface area (Å²) in [5, 5.41) is 10.5. The fourth-order valence-corrected chi connectivity index (χ4v) is 10.2. The molecule has 4 heteroatoms. The maximum absolute atomic E-state index is 13.4. The summed E-state index contributed by atoms with van der Waals surface area (Å²) < 4.78 is 19.9. The highest BCUT2D eigenvalue weighted by molar-refractivity contribution is 7.94. The van der Waals surface area contributed by atoms with Gasteiger partial charge in [-0.2, -0.15) is 3.89 Å². The number of aliphatic hydroxyl groups is 1. The minimum atomic E-state index is -0.155. The molecule has 4 aliphatic carbocycles. The lowest BCUT2D eigenvalue weighted by atomic mass is 9.44. The van der Waals surface area contributed by atoms with E-state index in [1.54, 1.807) is 0 Å². The molecule has 1 saturated heterocycles. The molecule has 0 aromatic heterocycles. The molecule has 1 spiro atoms. The highest BCUT2D eigenvalue weighted by Crippen LogP contribution is 2.74. The van der Waals surface area contributed by atoms with Crippen LogP contribution in [0.25, 0.3) is 0 Å². The lowest BCUT2D eigenvalue weighted by Gasteiger charge is -2.59. The number of hydrogen-bond acceptors (Lipinski definition) is 3. The van der Waals surface area contributed by atoms with E-state index < -0.39 is 0 Å². The van der Waals surface area contributed by atoms with E-state index in [-0.39, 0.29) is 22.4 Å². The average molecular weight is 453 g/mol. The standard InChI is InChI=1S/C27H45FO2S/c1-16(2)23(31-28)9-6-17(3)20-7-8-21-19-14-24-27(30-24)15-18(29)10-13-26(27,5)22(19)11-12-25(20,21)4/h16-24,29H,6-15H2,1-5H3/t17?,18-,19?,20?,21?,22?,23?,24+,25+,26?,27?/m0/s1. The van der Waals surface area contributed by atoms with Gasteiger partial charge in [0.05, 0.1) is 12.2 Å². The van der Waals surface area contributed by atoms with Crippen LogP contribution < -0.4 is 0 Å². The Bertz CT molecular complexity index is 686. The average Bonchev–Trinajstić information content (AvgIpc) is 3.29. The largest absolute Gasteiger partial charge is 0.393 e. The minimum absolute atomic E-state index is 0.000757. The first-order valence-corrected chi connectivity index (χ1v) is 14.1. The number of epoxide rings is 1. The number of halogens is 1. The summed E-state index contributed by atoms with van der Waals surface area (Å²) in [6, 6.07) is 0. The molecule has 5 rings (SSSR count). The van der Waals surface area contributed by atoms with Crippen LogP contribution in [0.5, 0.6) is 0 Å². The van der Waals surface area contributed by atoms with Crippen LogP contribution in [0, 0.1) is 46.3 Å². The van der Waals surface area contributed by atoms with Crippen molar-refractivity contribution in [3.8, 4) is 0 Å². The molecule has 8 unspecified atom stereocenters. The number of rotatable bonds is 6. The zero-order chi connectivity index (χ0) is 22.2. The summed E-state index contributed by atoms with van der Waals surface area (Å²) in [4.78, 5) is 0. The number of aliphatic hydroxyl groups excluding tert-OH is 1. The predicted molar refractivity (Wildman–Crippen MR) is 126 cm³/mol. The van der Waals surface area contributed by atoms with Crippen LogP contribution in [0.2, 0.25) is 0 Å². The van der Waals surface area contributed by atoms with Crippen LogP contribution in [0.1, 0.15) is 98.8 Å². The predicted octanol–water partition coefficient (Wildman–Crippen LogP) is 7.20. The molecule has 0 radical (unpaired) electrons. The summed E-state index contributed by atoms with van der Waals surface area (Å²) in [6.45, 7) is 11.9. The smallest absolute Gasteiger partial charge is 0.103 e. The molecular weight excluding hydrogens is 407 g/mol. The van der Waals surface area contributed by atoms with E-state index in [0.29, 0.717) is 35.5 Å². The van der Waals surface area contributed by atoms with Gasteiger partial charge in [0.1, 0.15) is 5.60 Å². The van der Waals surface area contributed by atoms with E-state index >= 15 is 0 Å². The Balaban J connectivity index is 1.31. The maximum atomic E-state index is 13.4. The lowest BCUT2D eigenvalue weighted by Crippen LogP contribution is -2.58. The summed E-state index contributed by atoms with van der Waals surface area (Å²) in [5.74, 6) is 4.33. The second kappa shape index (κ2) is 7.87. The Morgan fingerprint density at radius 3 is 2.52 bits per heavy atom. The fourth-order valence-electron chi connectivity index (χ4n) is 9.74. The van der Waals surface area contributed by atoms with Crippen molar-refractivity contribution in [2.24, 2.45) is 46.3 Å². The van der Waals surface area contributed by atoms with Gasteiger partial charge in [0.2, 0.25) is 0 Å². The zero-order valence-electron chi connectivity index (χ0n) is 20.4. The van der Waals surface area contributed by atoms with Crippen LogP contribution in [0.15, 0.2) is 0 Å². The number of ether oxygens (including phenoxy) is 1. The summed E-state index contributed by atoms with van der Waals surface area (Å²) in [7, 11) is 0. The van der Waals surface area contributed by atoms with Gasteiger partial charge in [0, 0.05) is 29.2 Å². The third kappa shape index (κ3) is 3.31. The topological polar surface area (TPSA) is 32.8 Å². The van der Waals surface area contributed by atoms with Crippen LogP contribution in [0.4, 0.5) is 3.89 Å². The van der Waals surface area contributed by atoms with Gasteiger partial charge in [-0.1, -0.05) is 34.6 Å². The van der Waals surface area contributed by atoms with Gasteiger partial charge in [-0.3, -0.25) is 0 Å². The molecule has 31 heavy (non-hydrogen) atoms. The molecule has 11 atom stereocenters. The molecule has 2 nitrogen and oxygen atoms in total. The highest BCUT2D eigenvalue weighted by atomic mass is 32.2. The number of hydrogen-bond donors (Lipinski definition) is 1. The van der Waals surface area contributed by atoms with Crippen molar-refractivity contribution in [2.75, 3.05) is 0 Å². The van der Waals surface area contributed by atoms with Gasteiger partial charge in [0.15, 0.2) is 0 Å². The summed E-state index contributed by atoms with van der Waals surface area (Å²) in [6.07, 6.45) is 12.1. The SMILES string of the molecule is CC(C)C(CCC(C)C1CCC2C3C[C@H]4OC45C[C@@H](O)CCC5(C)C3CC[C@]12C)SF. The van der Waals surface area contributed by atoms with E-state index in [4.69, 9.17) is 4.74 Å². The lowest BCUT2D eigenvalue weighted by molar-refractivity contribution is -0.116. The normalized spacial score (nSPS) is 52.6. The zero-order valence-corrected chi connectivity index (χ0v) is 21.2. The maximum Gasteiger partial charge on any atom is 0.103 e. The molecule has 0 aromatic rings.